The van der Waals surface area contributed by atoms with Crippen molar-refractivity contribution in [2.75, 3.05) is 13.2 Å². The van der Waals surface area contributed by atoms with E-state index in [1.165, 1.54) is 17.4 Å². The average Bonchev–Trinajstić information content (AvgIpc) is 3.16. The molecule has 0 aliphatic heterocycles. The van der Waals surface area contributed by atoms with Gasteiger partial charge in [-0.1, -0.05) is 0 Å². The molecule has 1 amide bonds. The predicted molar refractivity (Wildman–Crippen MR) is 76.9 cm³/mol. The van der Waals surface area contributed by atoms with Gasteiger partial charge in [0.2, 0.25) is 0 Å². The topological polar surface area (TPSA) is 77.8 Å². The van der Waals surface area contributed by atoms with Crippen LogP contribution in [0.25, 0.3) is 6.08 Å². The minimum atomic E-state index is -1.01. The maximum atomic E-state index is 12.4. The van der Waals surface area contributed by atoms with Crippen LogP contribution in [-0.2, 0) is 4.79 Å². The SMILES string of the molecule is Cc1cc(C(=O)N(CCO)C2CC2)sc1/C=C/C(=O)O. The normalized spacial score (nSPS) is 14.7. The molecule has 1 aromatic rings. The molecule has 1 aromatic heterocycles. The number of aliphatic hydroxyl groups is 1. The molecule has 5 nitrogen and oxygen atoms in total. The summed E-state index contributed by atoms with van der Waals surface area (Å²) in [5.41, 5.74) is 0.885. The zero-order valence-electron chi connectivity index (χ0n) is 11.2. The number of hydrogen-bond donors (Lipinski definition) is 2. The summed E-state index contributed by atoms with van der Waals surface area (Å²) in [6, 6.07) is 2.02. The molecule has 108 valence electrons. The number of carbonyl (C=O) groups is 2. The standard InChI is InChI=1S/C14H17NO4S/c1-9-8-12(20-11(9)4-5-13(17)18)14(19)15(6-7-16)10-2-3-10/h4-5,8,10,16H,2-3,6-7H2,1H3,(H,17,18)/b5-4+. The van der Waals surface area contributed by atoms with Gasteiger partial charge in [0.1, 0.15) is 0 Å². The van der Waals surface area contributed by atoms with Crippen LogP contribution in [-0.4, -0.2) is 46.2 Å². The van der Waals surface area contributed by atoms with Crippen molar-refractivity contribution < 1.29 is 19.8 Å². The van der Waals surface area contributed by atoms with E-state index in [1.807, 2.05) is 6.92 Å². The number of aliphatic carboxylic acids is 1. The minimum Gasteiger partial charge on any atom is -0.478 e. The molecule has 6 heteroatoms. The van der Waals surface area contributed by atoms with E-state index in [-0.39, 0.29) is 18.6 Å². The molecule has 0 unspecified atom stereocenters. The second-order valence-electron chi connectivity index (χ2n) is 4.78. The third-order valence-electron chi connectivity index (χ3n) is 3.13. The van der Waals surface area contributed by atoms with Crippen LogP contribution in [0.15, 0.2) is 12.1 Å². The quantitative estimate of drug-likeness (QED) is 0.784. The zero-order chi connectivity index (χ0) is 14.7. The van der Waals surface area contributed by atoms with Crippen molar-refractivity contribution in [2.24, 2.45) is 0 Å². The Balaban J connectivity index is 2.17. The fraction of sp³-hybridized carbons (Fsp3) is 0.429. The highest BCUT2D eigenvalue weighted by atomic mass is 32.1. The van der Waals surface area contributed by atoms with E-state index < -0.39 is 5.97 Å². The summed E-state index contributed by atoms with van der Waals surface area (Å²) in [5, 5.41) is 17.7. The van der Waals surface area contributed by atoms with Gasteiger partial charge in [0.05, 0.1) is 11.5 Å². The summed E-state index contributed by atoms with van der Waals surface area (Å²) in [6.07, 6.45) is 4.55. The fourth-order valence-electron chi connectivity index (χ4n) is 2.00. The zero-order valence-corrected chi connectivity index (χ0v) is 12.0. The van der Waals surface area contributed by atoms with Crippen LogP contribution in [0.2, 0.25) is 0 Å². The number of aryl methyl sites for hydroxylation is 1. The van der Waals surface area contributed by atoms with Gasteiger partial charge in [0.25, 0.3) is 5.91 Å². The van der Waals surface area contributed by atoms with Crippen LogP contribution in [0.5, 0.6) is 0 Å². The number of carboxylic acid groups (broad SMARTS) is 1. The van der Waals surface area contributed by atoms with E-state index in [0.717, 1.165) is 29.4 Å². The number of rotatable bonds is 6. The first-order valence-corrected chi connectivity index (χ1v) is 7.28. The molecule has 0 atom stereocenters. The number of nitrogens with zero attached hydrogens (tertiary/aromatic N) is 1. The van der Waals surface area contributed by atoms with Crippen LogP contribution < -0.4 is 0 Å². The Morgan fingerprint density at radius 1 is 1.50 bits per heavy atom. The molecule has 0 radical (unpaired) electrons. The van der Waals surface area contributed by atoms with E-state index >= 15 is 0 Å². The summed E-state index contributed by atoms with van der Waals surface area (Å²) in [5.74, 6) is -1.09. The monoisotopic (exact) mass is 295 g/mol. The highest BCUT2D eigenvalue weighted by Crippen LogP contribution is 2.31. The molecule has 20 heavy (non-hydrogen) atoms. The third kappa shape index (κ3) is 3.46. The van der Waals surface area contributed by atoms with Crippen LogP contribution in [0.3, 0.4) is 0 Å². The van der Waals surface area contributed by atoms with Crippen LogP contribution in [0, 0.1) is 6.92 Å². The first-order valence-electron chi connectivity index (χ1n) is 6.46. The smallest absolute Gasteiger partial charge is 0.328 e. The molecule has 1 aliphatic rings. The van der Waals surface area contributed by atoms with Crippen molar-refractivity contribution in [2.45, 2.75) is 25.8 Å². The van der Waals surface area contributed by atoms with Crippen molar-refractivity contribution >= 4 is 29.3 Å². The van der Waals surface area contributed by atoms with E-state index in [1.54, 1.807) is 11.0 Å². The second kappa shape index (κ2) is 6.19. The van der Waals surface area contributed by atoms with Crippen molar-refractivity contribution in [3.8, 4) is 0 Å². The Kier molecular flexibility index (Phi) is 4.57. The number of carboxylic acids is 1. The van der Waals surface area contributed by atoms with E-state index in [9.17, 15) is 9.59 Å². The van der Waals surface area contributed by atoms with Gasteiger partial charge in [-0.25, -0.2) is 4.79 Å². The van der Waals surface area contributed by atoms with E-state index in [0.29, 0.717) is 11.4 Å². The first kappa shape index (κ1) is 14.7. The van der Waals surface area contributed by atoms with Gasteiger partial charge in [-0.3, -0.25) is 4.79 Å². The molecule has 1 fully saturated rings. The molecule has 0 bridgehead atoms. The van der Waals surface area contributed by atoms with Crippen LogP contribution in [0.1, 0.15) is 33.0 Å². The lowest BCUT2D eigenvalue weighted by Crippen LogP contribution is -2.35. The Labute approximate surface area is 121 Å². The predicted octanol–water partition coefficient (Wildman–Crippen LogP) is 1.75. The Morgan fingerprint density at radius 3 is 2.75 bits per heavy atom. The summed E-state index contributed by atoms with van der Waals surface area (Å²) in [7, 11) is 0. The van der Waals surface area contributed by atoms with Gasteiger partial charge in [-0.15, -0.1) is 11.3 Å². The number of aliphatic hydroxyl groups excluding tert-OH is 1. The maximum absolute atomic E-state index is 12.4. The molecule has 1 saturated carbocycles. The van der Waals surface area contributed by atoms with Crippen molar-refractivity contribution in [3.05, 3.63) is 27.5 Å². The highest BCUT2D eigenvalue weighted by molar-refractivity contribution is 7.15. The Morgan fingerprint density at radius 2 is 2.20 bits per heavy atom. The van der Waals surface area contributed by atoms with Gasteiger partial charge in [0.15, 0.2) is 0 Å². The third-order valence-corrected chi connectivity index (χ3v) is 4.32. The Hall–Kier alpha value is -1.66. The molecule has 0 aromatic carbocycles. The average molecular weight is 295 g/mol. The van der Waals surface area contributed by atoms with Gasteiger partial charge < -0.3 is 15.1 Å². The molecular formula is C14H17NO4S. The highest BCUT2D eigenvalue weighted by Gasteiger charge is 2.33. The lowest BCUT2D eigenvalue weighted by Gasteiger charge is -2.20. The molecule has 2 N–H and O–H groups in total. The lowest BCUT2D eigenvalue weighted by atomic mass is 10.2. The minimum absolute atomic E-state index is 0.0433. The van der Waals surface area contributed by atoms with E-state index in [4.69, 9.17) is 10.2 Å². The van der Waals surface area contributed by atoms with Crippen molar-refractivity contribution in [3.63, 3.8) is 0 Å². The number of carbonyl (C=O) groups excluding carboxylic acids is 1. The largest absolute Gasteiger partial charge is 0.478 e. The maximum Gasteiger partial charge on any atom is 0.328 e. The number of thiophene rings is 1. The summed E-state index contributed by atoms with van der Waals surface area (Å²) in [4.78, 5) is 26.0. The molecule has 0 saturated heterocycles. The summed E-state index contributed by atoms with van der Waals surface area (Å²) < 4.78 is 0. The van der Waals surface area contributed by atoms with Crippen LogP contribution >= 0.6 is 11.3 Å². The van der Waals surface area contributed by atoms with Gasteiger partial charge >= 0.3 is 5.97 Å². The molecular weight excluding hydrogens is 278 g/mol. The second-order valence-corrected chi connectivity index (χ2v) is 5.87. The van der Waals surface area contributed by atoms with Crippen molar-refractivity contribution in [1.29, 1.82) is 0 Å². The van der Waals surface area contributed by atoms with Gasteiger partial charge in [-0.2, -0.15) is 0 Å². The van der Waals surface area contributed by atoms with Crippen molar-refractivity contribution in [1.82, 2.24) is 4.90 Å². The summed E-state index contributed by atoms with van der Waals surface area (Å²) in [6.45, 7) is 2.15. The van der Waals surface area contributed by atoms with Crippen LogP contribution in [0.4, 0.5) is 0 Å². The molecule has 2 rings (SSSR count). The molecule has 1 heterocycles. The number of hydrogen-bond acceptors (Lipinski definition) is 4. The Bertz CT molecular complexity index is 545. The molecule has 1 aliphatic carbocycles. The first-order chi connectivity index (χ1) is 9.52. The van der Waals surface area contributed by atoms with Gasteiger partial charge in [-0.05, 0) is 37.5 Å². The number of amides is 1. The summed E-state index contributed by atoms with van der Waals surface area (Å²) >= 11 is 1.29. The molecule has 0 spiro atoms. The van der Waals surface area contributed by atoms with E-state index in [2.05, 4.69) is 0 Å². The fourth-order valence-corrected chi connectivity index (χ4v) is 3.03. The van der Waals surface area contributed by atoms with Gasteiger partial charge in [0, 0.05) is 23.5 Å². The lowest BCUT2D eigenvalue weighted by molar-refractivity contribution is -0.131.